The van der Waals surface area contributed by atoms with Gasteiger partial charge in [-0.15, -0.1) is 0 Å². The molecule has 5 aromatic rings. The van der Waals surface area contributed by atoms with Gasteiger partial charge in [0.05, 0.1) is 16.6 Å². The molecule has 0 radical (unpaired) electrons. The second-order valence-electron chi connectivity index (χ2n) is 9.45. The van der Waals surface area contributed by atoms with Crippen LogP contribution >= 0.6 is 0 Å². The van der Waals surface area contributed by atoms with Crippen LogP contribution in [0, 0.1) is 5.82 Å². The number of hydrogen-bond donors (Lipinski definition) is 2. The first kappa shape index (κ1) is 29.7. The largest absolute Gasteiger partial charge is 0.484 e. The van der Waals surface area contributed by atoms with Crippen LogP contribution in [0.1, 0.15) is 30.7 Å². The molecule has 224 valence electrons. The van der Waals surface area contributed by atoms with Gasteiger partial charge in [0.25, 0.3) is 16.4 Å². The molecule has 0 amide bonds. The number of aromatic nitrogens is 4. The maximum atomic E-state index is 13.4. The van der Waals surface area contributed by atoms with Gasteiger partial charge in [-0.3, -0.25) is 14.4 Å². The van der Waals surface area contributed by atoms with Gasteiger partial charge in [0.1, 0.15) is 34.9 Å². The molecule has 0 saturated heterocycles. The van der Waals surface area contributed by atoms with E-state index in [0.29, 0.717) is 33.2 Å². The van der Waals surface area contributed by atoms with Crippen molar-refractivity contribution in [3.63, 3.8) is 0 Å². The van der Waals surface area contributed by atoms with E-state index in [9.17, 15) is 30.4 Å². The smallest absolute Gasteiger partial charge is 0.355 e. The number of halogens is 5. The fourth-order valence-corrected chi connectivity index (χ4v) is 5.09. The maximum absolute atomic E-state index is 13.4. The Labute approximate surface area is 242 Å². The molecule has 0 fully saturated rings. The Hall–Kier alpha value is -4.79. The lowest BCUT2D eigenvalue weighted by Crippen LogP contribution is -2.21. The summed E-state index contributed by atoms with van der Waals surface area (Å²) in [4.78, 5) is 7.94. The van der Waals surface area contributed by atoms with Crippen molar-refractivity contribution < 1.29 is 35.1 Å². The summed E-state index contributed by atoms with van der Waals surface area (Å²) in [6.07, 6.45) is -0.882. The molecular weight excluding hydrogens is 595 g/mol. The van der Waals surface area contributed by atoms with E-state index in [0.717, 1.165) is 0 Å². The first-order valence-electron chi connectivity index (χ1n) is 12.6. The van der Waals surface area contributed by atoms with E-state index in [1.54, 1.807) is 14.0 Å². The zero-order chi connectivity index (χ0) is 31.1. The number of fused-ring (bicyclic) bond motifs is 1. The van der Waals surface area contributed by atoms with Crippen LogP contribution in [0.15, 0.2) is 67.0 Å². The molecular formula is C28H23F5N6O3S. The van der Waals surface area contributed by atoms with Crippen LogP contribution in [0.4, 0.5) is 33.5 Å². The fraction of sp³-hybridized carbons (Fsp3) is 0.179. The highest BCUT2D eigenvalue weighted by Crippen LogP contribution is 2.40. The average Bonchev–Trinajstić information content (AvgIpc) is 3.32. The van der Waals surface area contributed by atoms with E-state index in [1.807, 2.05) is 4.72 Å². The predicted octanol–water partition coefficient (Wildman–Crippen LogP) is 6.46. The number of sulfonamides is 1. The third-order valence-corrected chi connectivity index (χ3v) is 7.57. The Morgan fingerprint density at radius 3 is 2.37 bits per heavy atom. The summed E-state index contributed by atoms with van der Waals surface area (Å²) in [6, 6.07) is 12.2. The lowest BCUT2D eigenvalue weighted by atomic mass is 10.0. The van der Waals surface area contributed by atoms with Crippen molar-refractivity contribution in [1.82, 2.24) is 19.7 Å². The molecule has 0 aliphatic rings. The molecule has 43 heavy (non-hydrogen) atoms. The first-order valence-corrected chi connectivity index (χ1v) is 14.1. The Kier molecular flexibility index (Phi) is 7.92. The Morgan fingerprint density at radius 1 is 0.977 bits per heavy atom. The zero-order valence-corrected chi connectivity index (χ0v) is 23.3. The van der Waals surface area contributed by atoms with E-state index in [1.165, 1.54) is 71.7 Å². The molecule has 0 saturated carbocycles. The minimum atomic E-state index is -5.06. The van der Waals surface area contributed by atoms with Gasteiger partial charge >= 0.3 is 5.76 Å². The highest BCUT2D eigenvalue weighted by Gasteiger charge is 2.27. The topological polar surface area (TPSA) is 125 Å². The van der Waals surface area contributed by atoms with Crippen LogP contribution < -0.4 is 15.2 Å². The molecule has 15 heteroatoms. The average molecular weight is 619 g/mol. The van der Waals surface area contributed by atoms with Crippen molar-refractivity contribution in [2.45, 2.75) is 25.2 Å². The Balaban J connectivity index is 1.65. The zero-order valence-electron chi connectivity index (χ0n) is 22.5. The van der Waals surface area contributed by atoms with Crippen molar-refractivity contribution in [3.8, 4) is 28.1 Å². The number of hydrogen-bond acceptors (Lipinski definition) is 7. The summed E-state index contributed by atoms with van der Waals surface area (Å²) in [5.41, 5.74) is 7.99. The molecule has 3 N–H and O–H groups in total. The molecule has 0 unspecified atom stereocenters. The van der Waals surface area contributed by atoms with Gasteiger partial charge in [-0.05, 0) is 54.4 Å². The number of nitrogens with zero attached hydrogens (tertiary/aromatic N) is 4. The molecule has 3 aromatic heterocycles. The molecule has 0 aliphatic heterocycles. The molecule has 5 rings (SSSR count). The molecule has 0 spiro atoms. The van der Waals surface area contributed by atoms with Crippen LogP contribution in [0.2, 0.25) is 0 Å². The lowest BCUT2D eigenvalue weighted by Gasteiger charge is -2.19. The van der Waals surface area contributed by atoms with Crippen molar-refractivity contribution >= 4 is 32.4 Å². The summed E-state index contributed by atoms with van der Waals surface area (Å²) in [5, 5.41) is 4.92. The highest BCUT2D eigenvalue weighted by atomic mass is 32.2. The van der Waals surface area contributed by atoms with Gasteiger partial charge < -0.3 is 10.5 Å². The number of ether oxygens (including phenoxy) is 1. The molecule has 0 bridgehead atoms. The van der Waals surface area contributed by atoms with Crippen LogP contribution in [0.25, 0.3) is 33.3 Å². The minimum Gasteiger partial charge on any atom is -0.484 e. The summed E-state index contributed by atoms with van der Waals surface area (Å²) < 4.78 is 99.9. The molecule has 1 atom stereocenters. The second-order valence-corrected chi connectivity index (χ2v) is 11.1. The summed E-state index contributed by atoms with van der Waals surface area (Å²) in [7, 11) is -3.45. The van der Waals surface area contributed by atoms with Gasteiger partial charge in [-0.1, -0.05) is 18.2 Å². The quantitative estimate of drug-likeness (QED) is 0.182. The molecule has 3 heterocycles. The maximum Gasteiger partial charge on any atom is 0.355 e. The van der Waals surface area contributed by atoms with Crippen molar-refractivity contribution in [2.75, 3.05) is 10.5 Å². The number of pyridine rings is 2. The van der Waals surface area contributed by atoms with Crippen LogP contribution in [-0.4, -0.2) is 33.9 Å². The standard InChI is InChI=1S/C28H23F5N6O3S/c1-14(15-3-6-18(29)7-4-15)42-22-12-17(5-8-20(22)38-43(40,41)28(32)33)24-23-25(39(2)37-24)19(13-36-27(23)34)16-9-10-35-21(11-16)26(30)31/h3-14,26,28,38H,1-2H3,(H2,34,36)/t14-/m0/s1. The Bertz CT molecular complexity index is 1920. The number of rotatable bonds is 9. The van der Waals surface area contributed by atoms with E-state index >= 15 is 0 Å². The first-order chi connectivity index (χ1) is 20.4. The molecule has 2 aromatic carbocycles. The van der Waals surface area contributed by atoms with Crippen LogP contribution in [0.3, 0.4) is 0 Å². The number of benzene rings is 2. The van der Waals surface area contributed by atoms with E-state index in [2.05, 4.69) is 15.1 Å². The normalized spacial score (nSPS) is 12.7. The number of nitrogen functional groups attached to an aromatic ring is 1. The molecule has 9 nitrogen and oxygen atoms in total. The van der Waals surface area contributed by atoms with Gasteiger partial charge in [-0.2, -0.15) is 13.9 Å². The van der Waals surface area contributed by atoms with Gasteiger partial charge in [0.15, 0.2) is 0 Å². The van der Waals surface area contributed by atoms with Crippen molar-refractivity contribution in [1.29, 1.82) is 0 Å². The highest BCUT2D eigenvalue weighted by molar-refractivity contribution is 7.93. The van der Waals surface area contributed by atoms with Gasteiger partial charge in [0.2, 0.25) is 0 Å². The third kappa shape index (κ3) is 5.93. The lowest BCUT2D eigenvalue weighted by molar-refractivity contribution is 0.146. The number of alkyl halides is 4. The van der Waals surface area contributed by atoms with Crippen LogP contribution in [-0.2, 0) is 17.1 Å². The summed E-state index contributed by atoms with van der Waals surface area (Å²) >= 11 is 0. The summed E-state index contributed by atoms with van der Waals surface area (Å²) in [6.45, 7) is 1.61. The second kappa shape index (κ2) is 11.5. The van der Waals surface area contributed by atoms with Gasteiger partial charge in [0, 0.05) is 30.6 Å². The van der Waals surface area contributed by atoms with E-state index in [4.69, 9.17) is 10.5 Å². The predicted molar refractivity (Wildman–Crippen MR) is 151 cm³/mol. The minimum absolute atomic E-state index is 0.0645. The number of nitrogens with two attached hydrogens (primary N) is 1. The third-order valence-electron chi connectivity index (χ3n) is 6.59. The van der Waals surface area contributed by atoms with E-state index in [-0.39, 0.29) is 22.9 Å². The number of aryl methyl sites for hydroxylation is 1. The van der Waals surface area contributed by atoms with Crippen molar-refractivity contribution in [2.24, 2.45) is 7.05 Å². The van der Waals surface area contributed by atoms with Crippen LogP contribution in [0.5, 0.6) is 5.75 Å². The number of anilines is 2. The van der Waals surface area contributed by atoms with Gasteiger partial charge in [-0.25, -0.2) is 26.6 Å². The SMILES string of the molecule is C[C@H](Oc1cc(-c2nn(C)c3c(-c4ccnc(C(F)F)c4)cnc(N)c23)ccc1NS(=O)(=O)C(F)F)c1ccc(F)cc1. The number of nitrogens with one attached hydrogen (secondary N) is 1. The summed E-state index contributed by atoms with van der Waals surface area (Å²) in [5.74, 6) is -4.25. The fourth-order valence-electron chi connectivity index (χ4n) is 4.53. The van der Waals surface area contributed by atoms with Crippen molar-refractivity contribution in [3.05, 3.63) is 84.1 Å². The molecule has 0 aliphatic carbocycles. The van der Waals surface area contributed by atoms with E-state index < -0.39 is 39.8 Å². The monoisotopic (exact) mass is 618 g/mol. The Morgan fingerprint density at radius 2 is 1.70 bits per heavy atom.